The Morgan fingerprint density at radius 1 is 1.03 bits per heavy atom. The maximum Gasteiger partial charge on any atom is 0.323 e. The van der Waals surface area contributed by atoms with E-state index in [0.29, 0.717) is 0 Å². The molecule has 1 saturated heterocycles. The zero-order valence-electron chi connectivity index (χ0n) is 16.4. The fourth-order valence-corrected chi connectivity index (χ4v) is 4.69. The Hall–Kier alpha value is -2.92. The fourth-order valence-electron chi connectivity index (χ4n) is 3.45. The average Bonchev–Trinajstić information content (AvgIpc) is 3.25. The third-order valence-electron chi connectivity index (χ3n) is 4.91. The van der Waals surface area contributed by atoms with Crippen molar-refractivity contribution in [3.8, 4) is 11.5 Å². The third-order valence-corrected chi connectivity index (χ3v) is 6.17. The molecule has 1 aliphatic heterocycles. The average molecular weight is 405 g/mol. The maximum atomic E-state index is 13.0. The molecule has 4 rings (SSSR count). The van der Waals surface area contributed by atoms with E-state index in [0.717, 1.165) is 47.0 Å². The Labute approximate surface area is 175 Å². The minimum absolute atomic E-state index is 0.0249. The van der Waals surface area contributed by atoms with Crippen LogP contribution >= 0.6 is 11.8 Å². The largest absolute Gasteiger partial charge is 0.457 e. The van der Waals surface area contributed by atoms with Crippen LogP contribution in [-0.4, -0.2) is 23.2 Å². The van der Waals surface area contributed by atoms with Gasteiger partial charge in [0.05, 0.1) is 0 Å². The zero-order valence-corrected chi connectivity index (χ0v) is 17.2. The number of hydrogen-bond donors (Lipinski definition) is 1. The van der Waals surface area contributed by atoms with Crippen LogP contribution in [0.15, 0.2) is 78.9 Å². The molecular weight excluding hydrogens is 380 g/mol. The van der Waals surface area contributed by atoms with Crippen molar-refractivity contribution in [2.75, 3.05) is 17.6 Å². The number of aryl methyl sites for hydroxylation is 1. The summed E-state index contributed by atoms with van der Waals surface area (Å²) in [6, 6.07) is 25.6. The lowest BCUT2D eigenvalue weighted by Crippen LogP contribution is -2.34. The molecule has 0 spiro atoms. The smallest absolute Gasteiger partial charge is 0.323 e. The molecule has 0 saturated carbocycles. The van der Waals surface area contributed by atoms with Gasteiger partial charge >= 0.3 is 6.03 Å². The predicted octanol–water partition coefficient (Wildman–Crippen LogP) is 6.32. The van der Waals surface area contributed by atoms with Crippen molar-refractivity contribution in [3.05, 3.63) is 90.0 Å². The van der Waals surface area contributed by atoms with Crippen LogP contribution in [0.5, 0.6) is 11.5 Å². The van der Waals surface area contributed by atoms with Crippen LogP contribution in [0.3, 0.4) is 0 Å². The van der Waals surface area contributed by atoms with Crippen molar-refractivity contribution in [2.24, 2.45) is 0 Å². The van der Waals surface area contributed by atoms with Crippen LogP contribution in [0, 0.1) is 0 Å². The third kappa shape index (κ3) is 4.57. The molecule has 1 heterocycles. The van der Waals surface area contributed by atoms with Gasteiger partial charge in [-0.1, -0.05) is 55.5 Å². The summed E-state index contributed by atoms with van der Waals surface area (Å²) in [6.45, 7) is 2.82. The minimum atomic E-state index is -0.0599. The molecular formula is C24H24N2O2S. The maximum absolute atomic E-state index is 13.0. The number of benzene rings is 3. The Morgan fingerprint density at radius 3 is 2.62 bits per heavy atom. The molecule has 29 heavy (non-hydrogen) atoms. The van der Waals surface area contributed by atoms with Crippen LogP contribution in [0.4, 0.5) is 10.5 Å². The molecule has 1 atom stereocenters. The van der Waals surface area contributed by atoms with Gasteiger partial charge < -0.3 is 15.0 Å². The normalized spacial score (nSPS) is 15.9. The zero-order chi connectivity index (χ0) is 20.1. The Bertz CT molecular complexity index is 977. The summed E-state index contributed by atoms with van der Waals surface area (Å²) < 4.78 is 5.97. The Kier molecular flexibility index (Phi) is 6.06. The molecule has 0 aromatic heterocycles. The molecule has 4 nitrogen and oxygen atoms in total. The van der Waals surface area contributed by atoms with Gasteiger partial charge in [-0.2, -0.15) is 0 Å². The summed E-state index contributed by atoms with van der Waals surface area (Å²) >= 11 is 1.78. The number of anilines is 1. The van der Waals surface area contributed by atoms with Gasteiger partial charge in [-0.3, -0.25) is 0 Å². The fraction of sp³-hybridized carbons (Fsp3) is 0.208. The summed E-state index contributed by atoms with van der Waals surface area (Å²) in [5, 5.41) is 3.08. The quantitative estimate of drug-likeness (QED) is 0.541. The second kappa shape index (κ2) is 9.05. The van der Waals surface area contributed by atoms with Crippen molar-refractivity contribution in [3.63, 3.8) is 0 Å². The van der Waals surface area contributed by atoms with Crippen LogP contribution in [0.25, 0.3) is 0 Å². The van der Waals surface area contributed by atoms with E-state index in [1.165, 1.54) is 0 Å². The summed E-state index contributed by atoms with van der Waals surface area (Å²) in [6.07, 6.45) is 0.882. The SMILES string of the molecule is CCc1ccccc1NC(=O)N1CCSC1c1cccc(Oc2ccccc2)c1. The summed E-state index contributed by atoms with van der Waals surface area (Å²) in [5.74, 6) is 2.49. The van der Waals surface area contributed by atoms with Gasteiger partial charge in [0.1, 0.15) is 16.9 Å². The van der Waals surface area contributed by atoms with Gasteiger partial charge in [0, 0.05) is 18.0 Å². The van der Waals surface area contributed by atoms with Gasteiger partial charge in [-0.15, -0.1) is 11.8 Å². The highest BCUT2D eigenvalue weighted by Gasteiger charge is 2.31. The number of nitrogens with one attached hydrogen (secondary N) is 1. The van der Waals surface area contributed by atoms with Gasteiger partial charge in [-0.05, 0) is 47.9 Å². The van der Waals surface area contributed by atoms with E-state index in [2.05, 4.69) is 24.4 Å². The highest BCUT2D eigenvalue weighted by Crippen LogP contribution is 2.39. The highest BCUT2D eigenvalue weighted by molar-refractivity contribution is 7.99. The number of nitrogens with zero attached hydrogens (tertiary/aromatic N) is 1. The standard InChI is InChI=1S/C24H24N2O2S/c1-2-18-9-6-7-14-22(18)25-24(27)26-15-16-29-23(26)19-10-8-13-21(17-19)28-20-11-4-3-5-12-20/h3-14,17,23H,2,15-16H2,1H3,(H,25,27). The minimum Gasteiger partial charge on any atom is -0.457 e. The van der Waals surface area contributed by atoms with E-state index in [4.69, 9.17) is 4.74 Å². The van der Waals surface area contributed by atoms with E-state index < -0.39 is 0 Å². The molecule has 1 N–H and O–H groups in total. The van der Waals surface area contributed by atoms with Gasteiger partial charge in [0.15, 0.2) is 0 Å². The molecule has 0 aliphatic carbocycles. The first-order valence-corrected chi connectivity index (χ1v) is 10.9. The number of amides is 2. The monoisotopic (exact) mass is 404 g/mol. The molecule has 5 heteroatoms. The molecule has 1 unspecified atom stereocenters. The van der Waals surface area contributed by atoms with E-state index in [-0.39, 0.29) is 11.4 Å². The summed E-state index contributed by atoms with van der Waals surface area (Å²) in [5.41, 5.74) is 3.10. The molecule has 148 valence electrons. The lowest BCUT2D eigenvalue weighted by Gasteiger charge is -2.25. The first-order chi connectivity index (χ1) is 14.2. The number of carbonyl (C=O) groups is 1. The lowest BCUT2D eigenvalue weighted by atomic mass is 10.1. The number of rotatable bonds is 5. The molecule has 3 aromatic carbocycles. The molecule has 1 fully saturated rings. The molecule has 2 amide bonds. The molecule has 0 bridgehead atoms. The van der Waals surface area contributed by atoms with E-state index in [1.54, 1.807) is 11.8 Å². The number of para-hydroxylation sites is 2. The topological polar surface area (TPSA) is 41.6 Å². The Balaban J connectivity index is 1.51. The second-order valence-corrected chi connectivity index (χ2v) is 8.03. The van der Waals surface area contributed by atoms with Crippen molar-refractivity contribution in [2.45, 2.75) is 18.7 Å². The van der Waals surface area contributed by atoms with Crippen molar-refractivity contribution >= 4 is 23.5 Å². The molecule has 0 radical (unpaired) electrons. The number of carbonyl (C=O) groups excluding carboxylic acids is 1. The Morgan fingerprint density at radius 2 is 1.79 bits per heavy atom. The number of thioether (sulfide) groups is 1. The lowest BCUT2D eigenvalue weighted by molar-refractivity contribution is 0.214. The van der Waals surface area contributed by atoms with Gasteiger partial charge in [0.2, 0.25) is 0 Å². The van der Waals surface area contributed by atoms with E-state index in [1.807, 2.05) is 71.6 Å². The first-order valence-electron chi connectivity index (χ1n) is 9.84. The van der Waals surface area contributed by atoms with E-state index in [9.17, 15) is 4.79 Å². The highest BCUT2D eigenvalue weighted by atomic mass is 32.2. The van der Waals surface area contributed by atoms with Gasteiger partial charge in [0.25, 0.3) is 0 Å². The molecule has 3 aromatic rings. The summed E-state index contributed by atoms with van der Waals surface area (Å²) in [4.78, 5) is 14.9. The number of ether oxygens (including phenoxy) is 1. The summed E-state index contributed by atoms with van der Waals surface area (Å²) in [7, 11) is 0. The number of hydrogen-bond acceptors (Lipinski definition) is 3. The van der Waals surface area contributed by atoms with Crippen molar-refractivity contribution in [1.82, 2.24) is 4.90 Å². The van der Waals surface area contributed by atoms with Gasteiger partial charge in [-0.25, -0.2) is 4.79 Å². The van der Waals surface area contributed by atoms with Crippen LogP contribution in [-0.2, 0) is 6.42 Å². The molecule has 1 aliphatic rings. The van der Waals surface area contributed by atoms with Crippen molar-refractivity contribution in [1.29, 1.82) is 0 Å². The van der Waals surface area contributed by atoms with E-state index >= 15 is 0 Å². The number of urea groups is 1. The van der Waals surface area contributed by atoms with Crippen LogP contribution < -0.4 is 10.1 Å². The van der Waals surface area contributed by atoms with Crippen molar-refractivity contribution < 1.29 is 9.53 Å². The predicted molar refractivity (Wildman–Crippen MR) is 120 cm³/mol. The van der Waals surface area contributed by atoms with Crippen LogP contribution in [0.2, 0.25) is 0 Å². The van der Waals surface area contributed by atoms with Crippen LogP contribution in [0.1, 0.15) is 23.4 Å². The first kappa shape index (κ1) is 19.4. The second-order valence-electron chi connectivity index (χ2n) is 6.85.